The smallest absolute Gasteiger partial charge is 0.337 e. The molecule has 0 bridgehead atoms. The van der Waals surface area contributed by atoms with Crippen molar-refractivity contribution in [2.24, 2.45) is 0 Å². The summed E-state index contributed by atoms with van der Waals surface area (Å²) < 4.78 is 10.7. The van der Waals surface area contributed by atoms with Gasteiger partial charge in [-0.25, -0.2) is 4.79 Å². The van der Waals surface area contributed by atoms with Gasteiger partial charge in [-0.05, 0) is 37.6 Å². The van der Waals surface area contributed by atoms with Crippen LogP contribution in [0.25, 0.3) is 0 Å². The van der Waals surface area contributed by atoms with Gasteiger partial charge >= 0.3 is 5.97 Å². The Balaban J connectivity index is 1.94. The molecule has 1 aromatic carbocycles. The summed E-state index contributed by atoms with van der Waals surface area (Å²) in [4.78, 5) is 13.9. The van der Waals surface area contributed by atoms with Crippen molar-refractivity contribution in [2.75, 3.05) is 26.7 Å². The molecule has 1 aliphatic heterocycles. The Morgan fingerprint density at radius 3 is 2.74 bits per heavy atom. The van der Waals surface area contributed by atoms with E-state index in [0.717, 1.165) is 38.2 Å². The fourth-order valence-electron chi connectivity index (χ4n) is 2.35. The highest BCUT2D eigenvalue weighted by Crippen LogP contribution is 2.20. The van der Waals surface area contributed by atoms with E-state index in [4.69, 9.17) is 9.47 Å². The van der Waals surface area contributed by atoms with Gasteiger partial charge in [-0.1, -0.05) is 13.0 Å². The average molecular weight is 263 g/mol. The summed E-state index contributed by atoms with van der Waals surface area (Å²) in [6.07, 6.45) is 2.32. The monoisotopic (exact) mass is 263 g/mol. The molecule has 0 amide bonds. The molecule has 4 nitrogen and oxygen atoms in total. The number of esters is 1. The Labute approximate surface area is 114 Å². The molecule has 0 N–H and O–H groups in total. The van der Waals surface area contributed by atoms with Crippen molar-refractivity contribution in [3.8, 4) is 5.75 Å². The molecule has 104 valence electrons. The fourth-order valence-corrected chi connectivity index (χ4v) is 2.35. The SMILES string of the molecule is CCN1CCC(Oc2cccc(C(=O)OC)c2)CC1. The lowest BCUT2D eigenvalue weighted by molar-refractivity contribution is 0.0599. The highest BCUT2D eigenvalue weighted by Gasteiger charge is 2.19. The molecule has 1 aliphatic rings. The van der Waals surface area contributed by atoms with Gasteiger partial charge in [0.2, 0.25) is 0 Å². The van der Waals surface area contributed by atoms with Crippen LogP contribution in [0.4, 0.5) is 0 Å². The third-order valence-electron chi connectivity index (χ3n) is 3.54. The van der Waals surface area contributed by atoms with Crippen molar-refractivity contribution in [3.05, 3.63) is 29.8 Å². The van der Waals surface area contributed by atoms with Crippen LogP contribution in [0.15, 0.2) is 24.3 Å². The van der Waals surface area contributed by atoms with Crippen LogP contribution in [0.1, 0.15) is 30.1 Å². The molecule has 1 fully saturated rings. The van der Waals surface area contributed by atoms with E-state index in [-0.39, 0.29) is 12.1 Å². The lowest BCUT2D eigenvalue weighted by Gasteiger charge is -2.31. The first-order valence-corrected chi connectivity index (χ1v) is 6.80. The first kappa shape index (κ1) is 13.9. The number of methoxy groups -OCH3 is 1. The predicted octanol–water partition coefficient (Wildman–Crippen LogP) is 2.34. The Morgan fingerprint density at radius 1 is 1.37 bits per heavy atom. The molecule has 0 aliphatic carbocycles. The molecule has 4 heteroatoms. The minimum atomic E-state index is -0.328. The van der Waals surface area contributed by atoms with Gasteiger partial charge < -0.3 is 14.4 Å². The largest absolute Gasteiger partial charge is 0.490 e. The van der Waals surface area contributed by atoms with Crippen molar-refractivity contribution in [2.45, 2.75) is 25.9 Å². The lowest BCUT2D eigenvalue weighted by Crippen LogP contribution is -2.38. The maximum absolute atomic E-state index is 11.5. The Hall–Kier alpha value is -1.55. The van der Waals surface area contributed by atoms with E-state index < -0.39 is 0 Å². The normalized spacial score (nSPS) is 17.2. The number of rotatable bonds is 4. The van der Waals surface area contributed by atoms with E-state index in [2.05, 4.69) is 11.8 Å². The summed E-state index contributed by atoms with van der Waals surface area (Å²) in [7, 11) is 1.39. The molecular formula is C15H21NO3. The molecule has 0 saturated carbocycles. The third kappa shape index (κ3) is 3.70. The van der Waals surface area contributed by atoms with Crippen molar-refractivity contribution >= 4 is 5.97 Å². The summed E-state index contributed by atoms with van der Waals surface area (Å²) in [6.45, 7) is 5.45. The van der Waals surface area contributed by atoms with E-state index >= 15 is 0 Å². The maximum atomic E-state index is 11.5. The standard InChI is InChI=1S/C15H21NO3/c1-3-16-9-7-13(8-10-16)19-14-6-4-5-12(11-14)15(17)18-2/h4-6,11,13H,3,7-10H2,1-2H3. The molecule has 19 heavy (non-hydrogen) atoms. The predicted molar refractivity (Wildman–Crippen MR) is 73.5 cm³/mol. The number of piperidine rings is 1. The fraction of sp³-hybridized carbons (Fsp3) is 0.533. The van der Waals surface area contributed by atoms with Crippen LogP contribution in [0.3, 0.4) is 0 Å². The highest BCUT2D eigenvalue weighted by molar-refractivity contribution is 5.89. The zero-order valence-electron chi connectivity index (χ0n) is 11.6. The minimum Gasteiger partial charge on any atom is -0.490 e. The zero-order chi connectivity index (χ0) is 13.7. The number of benzene rings is 1. The first-order chi connectivity index (χ1) is 9.22. The van der Waals surface area contributed by atoms with E-state index in [1.807, 2.05) is 12.1 Å². The van der Waals surface area contributed by atoms with Crippen LogP contribution < -0.4 is 4.74 Å². The van der Waals surface area contributed by atoms with Gasteiger partial charge in [0.25, 0.3) is 0 Å². The van der Waals surface area contributed by atoms with Crippen molar-refractivity contribution in [1.29, 1.82) is 0 Å². The molecule has 1 heterocycles. The van der Waals surface area contributed by atoms with Crippen LogP contribution in [0.5, 0.6) is 5.75 Å². The Kier molecular flexibility index (Phi) is 4.80. The molecule has 0 aromatic heterocycles. The number of ether oxygens (including phenoxy) is 2. The first-order valence-electron chi connectivity index (χ1n) is 6.80. The molecule has 0 unspecified atom stereocenters. The summed E-state index contributed by atoms with van der Waals surface area (Å²) in [5, 5.41) is 0. The van der Waals surface area contributed by atoms with Crippen LogP contribution in [0.2, 0.25) is 0 Å². The number of hydrogen-bond acceptors (Lipinski definition) is 4. The molecule has 0 radical (unpaired) electrons. The van der Waals surface area contributed by atoms with Gasteiger partial charge in [-0.3, -0.25) is 0 Å². The second-order valence-corrected chi connectivity index (χ2v) is 4.77. The van der Waals surface area contributed by atoms with Crippen molar-refractivity contribution < 1.29 is 14.3 Å². The van der Waals surface area contributed by atoms with E-state index in [0.29, 0.717) is 5.56 Å². The molecule has 1 saturated heterocycles. The number of likely N-dealkylation sites (tertiary alicyclic amines) is 1. The zero-order valence-corrected chi connectivity index (χ0v) is 11.6. The van der Waals surface area contributed by atoms with Crippen molar-refractivity contribution in [1.82, 2.24) is 4.90 Å². The minimum absolute atomic E-state index is 0.246. The van der Waals surface area contributed by atoms with Gasteiger partial charge in [0.15, 0.2) is 0 Å². The van der Waals surface area contributed by atoms with Crippen LogP contribution in [0, 0.1) is 0 Å². The van der Waals surface area contributed by atoms with Crippen LogP contribution in [-0.4, -0.2) is 43.7 Å². The number of carbonyl (C=O) groups is 1. The van der Waals surface area contributed by atoms with Gasteiger partial charge in [0.05, 0.1) is 12.7 Å². The Bertz CT molecular complexity index is 425. The maximum Gasteiger partial charge on any atom is 0.337 e. The topological polar surface area (TPSA) is 38.8 Å². The van der Waals surface area contributed by atoms with E-state index in [9.17, 15) is 4.79 Å². The number of carbonyl (C=O) groups excluding carboxylic acids is 1. The number of nitrogens with zero attached hydrogens (tertiary/aromatic N) is 1. The van der Waals surface area contributed by atoms with Crippen molar-refractivity contribution in [3.63, 3.8) is 0 Å². The van der Waals surface area contributed by atoms with Crippen LogP contribution >= 0.6 is 0 Å². The lowest BCUT2D eigenvalue weighted by atomic mass is 10.1. The Morgan fingerprint density at radius 2 is 2.11 bits per heavy atom. The summed E-state index contributed by atoms with van der Waals surface area (Å²) in [5.41, 5.74) is 0.533. The van der Waals surface area contributed by atoms with Gasteiger partial charge in [0, 0.05) is 13.1 Å². The highest BCUT2D eigenvalue weighted by atomic mass is 16.5. The summed E-state index contributed by atoms with van der Waals surface area (Å²) >= 11 is 0. The quantitative estimate of drug-likeness (QED) is 0.782. The molecule has 0 atom stereocenters. The summed E-state index contributed by atoms with van der Waals surface area (Å²) in [5.74, 6) is 0.420. The third-order valence-corrected chi connectivity index (χ3v) is 3.54. The second-order valence-electron chi connectivity index (χ2n) is 4.77. The molecular weight excluding hydrogens is 242 g/mol. The molecule has 1 aromatic rings. The second kappa shape index (κ2) is 6.57. The van der Waals surface area contributed by atoms with Gasteiger partial charge in [0.1, 0.15) is 11.9 Å². The molecule has 0 spiro atoms. The van der Waals surface area contributed by atoms with Gasteiger partial charge in [-0.2, -0.15) is 0 Å². The van der Waals surface area contributed by atoms with Gasteiger partial charge in [-0.15, -0.1) is 0 Å². The van der Waals surface area contributed by atoms with Crippen LogP contribution in [-0.2, 0) is 4.74 Å². The average Bonchev–Trinajstić information content (AvgIpc) is 2.47. The van der Waals surface area contributed by atoms with E-state index in [1.165, 1.54) is 7.11 Å². The van der Waals surface area contributed by atoms with E-state index in [1.54, 1.807) is 12.1 Å². The number of hydrogen-bond donors (Lipinski definition) is 0. The molecule has 2 rings (SSSR count). The summed E-state index contributed by atoms with van der Waals surface area (Å²) in [6, 6.07) is 7.19.